The minimum Gasteiger partial charge on any atom is -0.354 e. The van der Waals surface area contributed by atoms with Crippen molar-refractivity contribution < 1.29 is 0 Å². The molecule has 2 N–H and O–H groups in total. The van der Waals surface area contributed by atoms with Gasteiger partial charge in [-0.2, -0.15) is 0 Å². The van der Waals surface area contributed by atoms with Crippen molar-refractivity contribution in [3.05, 3.63) is 47.0 Å². The van der Waals surface area contributed by atoms with Crippen molar-refractivity contribution >= 4 is 29.9 Å². The molecule has 1 aliphatic rings. The molecule has 0 saturated carbocycles. The van der Waals surface area contributed by atoms with Crippen LogP contribution >= 0.6 is 24.0 Å². The van der Waals surface area contributed by atoms with Crippen molar-refractivity contribution in [2.24, 2.45) is 12.0 Å². The maximum atomic E-state index is 4.36. The van der Waals surface area contributed by atoms with Crippen molar-refractivity contribution in [3.8, 4) is 0 Å². The molecule has 154 valence electrons. The molecule has 1 aliphatic heterocycles. The second kappa shape index (κ2) is 10.8. The van der Waals surface area contributed by atoms with E-state index in [2.05, 4.69) is 61.9 Å². The topological polar surface area (TPSA) is 70.4 Å². The van der Waals surface area contributed by atoms with Crippen molar-refractivity contribution in [2.75, 3.05) is 20.1 Å². The number of likely N-dealkylation sites (tertiary alicyclic amines) is 1. The monoisotopic (exact) mass is 497 g/mol. The van der Waals surface area contributed by atoms with E-state index in [1.807, 2.05) is 25.6 Å². The third-order valence-electron chi connectivity index (χ3n) is 5.40. The van der Waals surface area contributed by atoms with E-state index in [-0.39, 0.29) is 24.0 Å². The summed E-state index contributed by atoms with van der Waals surface area (Å²) in [7, 11) is 3.79. The number of guanidine groups is 1. The molecule has 0 aliphatic carbocycles. The van der Waals surface area contributed by atoms with E-state index >= 15 is 0 Å². The molecular weight excluding hydrogens is 465 g/mol. The zero-order valence-corrected chi connectivity index (χ0v) is 19.6. The molecule has 7 nitrogen and oxygen atoms in total. The average molecular weight is 497 g/mol. The lowest BCUT2D eigenvalue weighted by atomic mass is 10.0. The van der Waals surface area contributed by atoms with E-state index in [0.717, 1.165) is 50.1 Å². The highest BCUT2D eigenvalue weighted by Crippen LogP contribution is 2.16. The molecule has 0 unspecified atom stereocenters. The SMILES string of the molecule is CN=C(NCc1nnc(C)n1C)NC1CCN(Cc2ccccc2C)CC1.I. The molecule has 1 aromatic heterocycles. The zero-order chi connectivity index (χ0) is 19.2. The van der Waals surface area contributed by atoms with Crippen molar-refractivity contribution in [1.82, 2.24) is 30.3 Å². The Hall–Kier alpha value is -1.68. The van der Waals surface area contributed by atoms with E-state index < -0.39 is 0 Å². The number of nitrogens with zero attached hydrogens (tertiary/aromatic N) is 5. The molecule has 1 saturated heterocycles. The Bertz CT molecular complexity index is 779. The number of aryl methyl sites for hydroxylation is 2. The van der Waals surface area contributed by atoms with Gasteiger partial charge in [-0.05, 0) is 37.8 Å². The van der Waals surface area contributed by atoms with Gasteiger partial charge in [0, 0.05) is 39.8 Å². The lowest BCUT2D eigenvalue weighted by Crippen LogP contribution is -2.48. The number of aromatic nitrogens is 3. The van der Waals surface area contributed by atoms with Gasteiger partial charge in [-0.15, -0.1) is 34.2 Å². The first-order chi connectivity index (χ1) is 13.1. The molecule has 0 atom stereocenters. The molecule has 3 rings (SSSR count). The molecule has 1 aromatic carbocycles. The van der Waals surface area contributed by atoms with Crippen LogP contribution in [0, 0.1) is 13.8 Å². The van der Waals surface area contributed by atoms with Gasteiger partial charge < -0.3 is 15.2 Å². The second-order valence-corrected chi connectivity index (χ2v) is 7.27. The molecule has 0 amide bonds. The van der Waals surface area contributed by atoms with Crippen molar-refractivity contribution in [3.63, 3.8) is 0 Å². The number of aliphatic imine (C=N–C) groups is 1. The van der Waals surface area contributed by atoms with E-state index in [1.54, 1.807) is 0 Å². The standard InChI is InChI=1S/C20H31N7.HI/c1-15-7-5-6-8-17(15)14-27-11-9-18(10-12-27)23-20(21-3)22-13-19-25-24-16(2)26(19)4;/h5-8,18H,9-14H2,1-4H3,(H2,21,22,23);1H. The molecule has 0 spiro atoms. The van der Waals surface area contributed by atoms with Crippen LogP contribution < -0.4 is 10.6 Å². The van der Waals surface area contributed by atoms with Gasteiger partial charge in [-0.1, -0.05) is 24.3 Å². The first-order valence-corrected chi connectivity index (χ1v) is 9.65. The molecule has 28 heavy (non-hydrogen) atoms. The Morgan fingerprint density at radius 3 is 2.50 bits per heavy atom. The fourth-order valence-electron chi connectivity index (χ4n) is 3.42. The van der Waals surface area contributed by atoms with E-state index in [1.165, 1.54) is 11.1 Å². The largest absolute Gasteiger partial charge is 0.354 e. The number of hydrogen-bond acceptors (Lipinski definition) is 4. The Labute approximate surface area is 185 Å². The van der Waals surface area contributed by atoms with Crippen LogP contribution in [0.2, 0.25) is 0 Å². The predicted octanol–water partition coefficient (Wildman–Crippen LogP) is 2.38. The maximum absolute atomic E-state index is 4.36. The quantitative estimate of drug-likeness (QED) is 0.377. The number of benzene rings is 1. The summed E-state index contributed by atoms with van der Waals surface area (Å²) in [6, 6.07) is 9.11. The van der Waals surface area contributed by atoms with Crippen molar-refractivity contribution in [1.29, 1.82) is 0 Å². The average Bonchev–Trinajstić information content (AvgIpc) is 3.00. The van der Waals surface area contributed by atoms with Crippen LogP contribution in [0.3, 0.4) is 0 Å². The first kappa shape index (κ1) is 22.6. The normalized spacial score (nSPS) is 15.9. The summed E-state index contributed by atoms with van der Waals surface area (Å²) in [4.78, 5) is 6.90. The molecule has 2 heterocycles. The zero-order valence-electron chi connectivity index (χ0n) is 17.3. The van der Waals surface area contributed by atoms with Crippen molar-refractivity contribution in [2.45, 2.75) is 45.8 Å². The fraction of sp³-hybridized carbons (Fsp3) is 0.550. The van der Waals surface area contributed by atoms with Gasteiger partial charge in [-0.3, -0.25) is 9.89 Å². The summed E-state index contributed by atoms with van der Waals surface area (Å²) >= 11 is 0. The summed E-state index contributed by atoms with van der Waals surface area (Å²) in [6.45, 7) is 8.00. The Kier molecular flexibility index (Phi) is 8.68. The number of rotatable bonds is 5. The highest BCUT2D eigenvalue weighted by atomic mass is 127. The molecule has 1 fully saturated rings. The Morgan fingerprint density at radius 2 is 1.89 bits per heavy atom. The minimum absolute atomic E-state index is 0. The highest BCUT2D eigenvalue weighted by molar-refractivity contribution is 14.0. The maximum Gasteiger partial charge on any atom is 0.191 e. The van der Waals surface area contributed by atoms with Crippen LogP contribution in [0.1, 0.15) is 35.6 Å². The van der Waals surface area contributed by atoms with Gasteiger partial charge in [0.1, 0.15) is 5.82 Å². The van der Waals surface area contributed by atoms with Gasteiger partial charge >= 0.3 is 0 Å². The number of piperidine rings is 1. The molecular formula is C20H32IN7. The number of nitrogens with one attached hydrogen (secondary N) is 2. The van der Waals surface area contributed by atoms with Gasteiger partial charge in [0.05, 0.1) is 6.54 Å². The lowest BCUT2D eigenvalue weighted by Gasteiger charge is -2.33. The van der Waals surface area contributed by atoms with E-state index in [4.69, 9.17) is 0 Å². The van der Waals surface area contributed by atoms with Crippen LogP contribution in [0.5, 0.6) is 0 Å². The molecule has 0 radical (unpaired) electrons. The third-order valence-corrected chi connectivity index (χ3v) is 5.40. The molecule has 0 bridgehead atoms. The van der Waals surface area contributed by atoms with Crippen LogP contribution in [-0.2, 0) is 20.1 Å². The molecule has 8 heteroatoms. The first-order valence-electron chi connectivity index (χ1n) is 9.65. The third kappa shape index (κ3) is 5.91. The van der Waals surface area contributed by atoms with E-state index in [0.29, 0.717) is 12.6 Å². The fourth-order valence-corrected chi connectivity index (χ4v) is 3.42. The summed E-state index contributed by atoms with van der Waals surface area (Å²) in [5.74, 6) is 2.65. The van der Waals surface area contributed by atoms with Gasteiger partial charge in [0.25, 0.3) is 0 Å². The summed E-state index contributed by atoms with van der Waals surface area (Å²) < 4.78 is 1.99. The van der Waals surface area contributed by atoms with Gasteiger partial charge in [-0.25, -0.2) is 0 Å². The van der Waals surface area contributed by atoms with Crippen LogP contribution in [0.4, 0.5) is 0 Å². The summed E-state index contributed by atoms with van der Waals surface area (Å²) in [5.41, 5.74) is 2.81. The molecule has 2 aromatic rings. The van der Waals surface area contributed by atoms with Crippen LogP contribution in [-0.4, -0.2) is 51.8 Å². The number of hydrogen-bond donors (Lipinski definition) is 2. The second-order valence-electron chi connectivity index (χ2n) is 7.27. The number of halogens is 1. The smallest absolute Gasteiger partial charge is 0.191 e. The van der Waals surface area contributed by atoms with E-state index in [9.17, 15) is 0 Å². The lowest BCUT2D eigenvalue weighted by molar-refractivity contribution is 0.198. The minimum atomic E-state index is 0. The Balaban J connectivity index is 0.00000280. The highest BCUT2D eigenvalue weighted by Gasteiger charge is 2.20. The predicted molar refractivity (Wildman–Crippen MR) is 124 cm³/mol. The Morgan fingerprint density at radius 1 is 1.18 bits per heavy atom. The van der Waals surface area contributed by atoms with Gasteiger partial charge in [0.2, 0.25) is 0 Å². The summed E-state index contributed by atoms with van der Waals surface area (Å²) in [6.07, 6.45) is 2.24. The van der Waals surface area contributed by atoms with Crippen LogP contribution in [0.25, 0.3) is 0 Å². The summed E-state index contributed by atoms with van der Waals surface area (Å²) in [5, 5.41) is 15.2. The van der Waals surface area contributed by atoms with Gasteiger partial charge in [0.15, 0.2) is 11.8 Å². The van der Waals surface area contributed by atoms with Crippen LogP contribution in [0.15, 0.2) is 29.3 Å².